The number of nitrogens with one attached hydrogen (secondary N) is 8. The second-order valence-corrected chi connectivity index (χ2v) is 22.3. The lowest BCUT2D eigenvalue weighted by atomic mass is 10.00. The summed E-state index contributed by atoms with van der Waals surface area (Å²) in [7, 11) is 2.01. The average Bonchev–Trinajstić information content (AvgIpc) is 3.77. The second kappa shape index (κ2) is 28.7. The van der Waals surface area contributed by atoms with Crippen LogP contribution in [0.15, 0.2) is 72.9 Å². The number of phenolic OH excluding ortho intramolecular Hbond substituents is 1. The van der Waals surface area contributed by atoms with Crippen LogP contribution in [0.1, 0.15) is 56.7 Å². The smallest absolute Gasteiger partial charge is 0.244 e. The number of rotatable bonds is 17. The number of H-pyrrole nitrogens is 1. The van der Waals surface area contributed by atoms with Crippen LogP contribution in [0.3, 0.4) is 0 Å². The molecule has 406 valence electrons. The number of carbonyl (C=O) groups excluding carboxylic acids is 8. The van der Waals surface area contributed by atoms with E-state index in [1.54, 1.807) is 50.4 Å². The Labute approximate surface area is 455 Å². The molecule has 9 atom stereocenters. The standard InChI is InChI=1S/C50H67IN12O10S2/c1-25(2)41-50(73)61-40(49(72)63-42(26(3)64)43(55)66)24-75-74-23-39(60-44(67)34(54)19-28-13-16-33(53)32(51)18-28)48(71)58-37(20-27-11-14-30(65)15-12-27)46(69)59-38(21-29-22-56-35-9-5-4-8-31(29)35)47(70)57-36(45(68)62-41)10-6-7-17-52/h4-5,8-9,11-16,18,22,25-26,34,36-42,56,64-65H,6-7,10,17,19-21,23-24,52-54H2,1-3H3,(H2,55,66)(H,57,70)(H,58,71)(H,59,69)(H,60,67)(H,61,73)(H,62,68)(H,63,72)/t26-,34+,36+,37+,38-,39+,40-,41-,42+/m1/s1. The summed E-state index contributed by atoms with van der Waals surface area (Å²) in [4.78, 5) is 116. The van der Waals surface area contributed by atoms with Gasteiger partial charge in [-0.1, -0.05) is 71.8 Å². The van der Waals surface area contributed by atoms with Gasteiger partial charge in [0, 0.05) is 50.7 Å². The highest BCUT2D eigenvalue weighted by atomic mass is 127. The molecule has 8 amide bonds. The quantitative estimate of drug-likeness (QED) is 0.0283. The van der Waals surface area contributed by atoms with Gasteiger partial charge in [-0.15, -0.1) is 0 Å². The molecule has 0 spiro atoms. The monoisotopic (exact) mass is 1190 g/mol. The number of benzene rings is 3. The fourth-order valence-electron chi connectivity index (χ4n) is 8.04. The Morgan fingerprint density at radius 3 is 2.07 bits per heavy atom. The van der Waals surface area contributed by atoms with E-state index in [1.807, 2.05) is 24.3 Å². The number of anilines is 1. The number of unbranched alkanes of at least 4 members (excludes halogenated alkanes) is 1. The molecule has 0 saturated carbocycles. The van der Waals surface area contributed by atoms with Gasteiger partial charge in [-0.05, 0) is 115 Å². The van der Waals surface area contributed by atoms with Crippen LogP contribution in [0.4, 0.5) is 5.69 Å². The van der Waals surface area contributed by atoms with Gasteiger partial charge in [0.25, 0.3) is 0 Å². The number of fused-ring (bicyclic) bond motifs is 1. The lowest BCUT2D eigenvalue weighted by Crippen LogP contribution is -2.62. The number of halogens is 1. The first kappa shape index (κ1) is 59.7. The summed E-state index contributed by atoms with van der Waals surface area (Å²) >= 11 is 2.06. The Balaban J connectivity index is 1.59. The zero-order valence-electron chi connectivity index (χ0n) is 41.7. The van der Waals surface area contributed by atoms with Crippen LogP contribution in [-0.4, -0.2) is 135 Å². The van der Waals surface area contributed by atoms with Crippen molar-refractivity contribution in [2.45, 2.75) is 114 Å². The van der Waals surface area contributed by atoms with Crippen molar-refractivity contribution in [1.82, 2.24) is 42.2 Å². The minimum absolute atomic E-state index is 0.0547. The molecular formula is C50H67IN12O10S2. The van der Waals surface area contributed by atoms with Gasteiger partial charge >= 0.3 is 0 Å². The Morgan fingerprint density at radius 1 is 0.787 bits per heavy atom. The highest BCUT2D eigenvalue weighted by Crippen LogP contribution is 2.25. The number of nitrogens with two attached hydrogens (primary N) is 4. The number of nitrogen functional groups attached to an aromatic ring is 1. The van der Waals surface area contributed by atoms with E-state index in [2.05, 4.69) is 64.8 Å². The maximum Gasteiger partial charge on any atom is 0.244 e. The summed E-state index contributed by atoms with van der Waals surface area (Å²) < 4.78 is 0.741. The molecule has 1 aliphatic heterocycles. The van der Waals surface area contributed by atoms with E-state index in [9.17, 15) is 48.6 Å². The maximum absolute atomic E-state index is 14.8. The number of aliphatic hydroxyl groups excluding tert-OH is 1. The molecule has 2 heterocycles. The minimum Gasteiger partial charge on any atom is -0.508 e. The second-order valence-electron chi connectivity index (χ2n) is 18.6. The van der Waals surface area contributed by atoms with Crippen LogP contribution < -0.4 is 60.2 Å². The van der Waals surface area contributed by atoms with Crippen LogP contribution in [0, 0.1) is 9.49 Å². The maximum atomic E-state index is 14.8. The van der Waals surface area contributed by atoms with Gasteiger partial charge in [0.2, 0.25) is 47.3 Å². The molecule has 0 aliphatic carbocycles. The number of aromatic amines is 1. The van der Waals surface area contributed by atoms with Crippen molar-refractivity contribution in [2.75, 3.05) is 23.8 Å². The zero-order valence-corrected chi connectivity index (χ0v) is 45.5. The number of hydrogen-bond donors (Lipinski definition) is 14. The first-order chi connectivity index (χ1) is 35.6. The van der Waals surface area contributed by atoms with E-state index in [-0.39, 0.29) is 49.5 Å². The average molecular weight is 1190 g/mol. The highest BCUT2D eigenvalue weighted by Gasteiger charge is 2.36. The number of amides is 8. The lowest BCUT2D eigenvalue weighted by molar-refractivity contribution is -0.136. The Morgan fingerprint density at radius 2 is 1.41 bits per heavy atom. The highest BCUT2D eigenvalue weighted by molar-refractivity contribution is 14.1. The molecule has 4 aromatic rings. The molecule has 3 aromatic carbocycles. The summed E-state index contributed by atoms with van der Waals surface area (Å²) in [6.45, 7) is 4.83. The number of phenols is 1. The van der Waals surface area contributed by atoms with E-state index in [4.69, 9.17) is 22.9 Å². The topological polar surface area (TPSA) is 381 Å². The van der Waals surface area contributed by atoms with Gasteiger partial charge in [-0.3, -0.25) is 38.4 Å². The third kappa shape index (κ3) is 17.7. The lowest BCUT2D eigenvalue weighted by Gasteiger charge is -2.29. The molecule has 1 aliphatic rings. The SMILES string of the molecule is CC(C)[C@H]1NC(=O)[C@H](CCCCN)NC(=O)[C@@H](Cc2c[nH]c3ccccc23)NC(=O)[C@H](Cc2ccc(O)cc2)NC(=O)[C@@H](NC(=O)[C@@H](N)Cc2ccc(N)c(I)c2)CSSC[C@H](C(=O)N[C@H](C(N)=O)[C@@H](C)O)NC1=O. The van der Waals surface area contributed by atoms with Gasteiger partial charge in [0.1, 0.15) is 48.0 Å². The predicted molar refractivity (Wildman–Crippen MR) is 296 cm³/mol. The van der Waals surface area contributed by atoms with Crippen LogP contribution in [0.5, 0.6) is 5.75 Å². The molecule has 5 rings (SSSR count). The van der Waals surface area contributed by atoms with Crippen molar-refractivity contribution in [1.29, 1.82) is 0 Å². The molecule has 0 bridgehead atoms. The number of carbonyl (C=O) groups is 8. The fourth-order valence-corrected chi connectivity index (χ4v) is 10.9. The van der Waals surface area contributed by atoms with Crippen molar-refractivity contribution in [3.63, 3.8) is 0 Å². The summed E-state index contributed by atoms with van der Waals surface area (Å²) in [5, 5.41) is 40.0. The Hall–Kier alpha value is -6.13. The third-order valence-electron chi connectivity index (χ3n) is 12.3. The molecule has 1 fully saturated rings. The number of hydrogen-bond acceptors (Lipinski definition) is 15. The predicted octanol–water partition coefficient (Wildman–Crippen LogP) is -0.145. The van der Waals surface area contributed by atoms with E-state index in [0.29, 0.717) is 35.2 Å². The molecule has 0 unspecified atom stereocenters. The molecule has 1 saturated heterocycles. The largest absolute Gasteiger partial charge is 0.508 e. The molecule has 75 heavy (non-hydrogen) atoms. The third-order valence-corrected chi connectivity index (χ3v) is 15.7. The summed E-state index contributed by atoms with van der Waals surface area (Å²) in [5.74, 6) is -7.76. The zero-order chi connectivity index (χ0) is 54.9. The normalized spacial score (nSPS) is 21.8. The van der Waals surface area contributed by atoms with Crippen LogP contribution in [0.2, 0.25) is 0 Å². The van der Waals surface area contributed by atoms with Crippen LogP contribution in [0.25, 0.3) is 10.9 Å². The molecule has 22 nitrogen and oxygen atoms in total. The Kier molecular flexibility index (Phi) is 22.8. The van der Waals surface area contributed by atoms with Gasteiger partial charge in [-0.25, -0.2) is 0 Å². The van der Waals surface area contributed by atoms with E-state index in [0.717, 1.165) is 36.1 Å². The number of aromatic hydroxyl groups is 1. The fraction of sp³-hybridized carbons (Fsp3) is 0.440. The van der Waals surface area contributed by atoms with Gasteiger partial charge in [-0.2, -0.15) is 0 Å². The van der Waals surface area contributed by atoms with E-state index >= 15 is 0 Å². The first-order valence-corrected chi connectivity index (χ1v) is 27.9. The first-order valence-electron chi connectivity index (χ1n) is 24.3. The number of primary amides is 1. The number of para-hydroxylation sites is 1. The van der Waals surface area contributed by atoms with Gasteiger partial charge in [0.05, 0.1) is 12.1 Å². The minimum atomic E-state index is -1.55. The van der Waals surface area contributed by atoms with Crippen LogP contribution >= 0.6 is 44.2 Å². The van der Waals surface area contributed by atoms with Gasteiger partial charge < -0.3 is 75.3 Å². The summed E-state index contributed by atoms with van der Waals surface area (Å²) in [5.41, 5.74) is 26.9. The van der Waals surface area contributed by atoms with Crippen molar-refractivity contribution in [3.8, 4) is 5.75 Å². The molecule has 1 aromatic heterocycles. The van der Waals surface area contributed by atoms with Crippen molar-refractivity contribution >= 4 is 108 Å². The Bertz CT molecular complexity index is 2660. The summed E-state index contributed by atoms with van der Waals surface area (Å²) in [6.07, 6.45) is 0.992. The van der Waals surface area contributed by atoms with Crippen molar-refractivity contribution in [3.05, 3.63) is 93.2 Å². The van der Waals surface area contributed by atoms with Crippen LogP contribution in [-0.2, 0) is 57.6 Å². The number of aliphatic hydroxyl groups is 1. The summed E-state index contributed by atoms with van der Waals surface area (Å²) in [6, 6.07) is 7.50. The van der Waals surface area contributed by atoms with E-state index in [1.165, 1.54) is 19.1 Å². The molecule has 18 N–H and O–H groups in total. The number of aromatic nitrogens is 1. The van der Waals surface area contributed by atoms with Crippen molar-refractivity contribution < 1.29 is 48.6 Å². The molecule has 25 heteroatoms. The molecular weight excluding hydrogens is 1120 g/mol. The molecule has 0 radical (unpaired) electrons. The van der Waals surface area contributed by atoms with E-state index < -0.39 is 108 Å². The van der Waals surface area contributed by atoms with Gasteiger partial charge in [0.15, 0.2) is 0 Å². The van der Waals surface area contributed by atoms with Crippen molar-refractivity contribution in [2.24, 2.45) is 23.1 Å².